The van der Waals surface area contributed by atoms with E-state index < -0.39 is 0 Å². The first-order valence-electron chi connectivity index (χ1n) is 7.66. The first-order valence-corrected chi connectivity index (χ1v) is 7.66. The average Bonchev–Trinajstić information content (AvgIpc) is 2.79. The van der Waals surface area contributed by atoms with Gasteiger partial charge in [0, 0.05) is 18.2 Å². The monoisotopic (exact) mass is 245 g/mol. The Morgan fingerprint density at radius 1 is 1.11 bits per heavy atom. The Kier molecular flexibility index (Phi) is 5.10. The lowest BCUT2D eigenvalue weighted by atomic mass is 9.94. The second kappa shape index (κ2) is 6.82. The molecule has 0 bridgehead atoms. The van der Waals surface area contributed by atoms with Crippen LogP contribution in [0.1, 0.15) is 68.9 Å². The van der Waals surface area contributed by atoms with Crippen LogP contribution >= 0.6 is 0 Å². The minimum absolute atomic E-state index is 0.756. The maximum Gasteiger partial charge on any atom is 0.0406 e. The molecule has 0 saturated heterocycles. The molecule has 1 heteroatoms. The summed E-state index contributed by atoms with van der Waals surface area (Å²) in [6, 6.07) is 6.72. The number of hydrogen-bond acceptors (Lipinski definition) is 1. The van der Waals surface area contributed by atoms with Gasteiger partial charge in [-0.25, -0.2) is 0 Å². The minimum atomic E-state index is 0.756. The molecule has 1 N–H and O–H groups in total. The Morgan fingerprint density at radius 3 is 2.72 bits per heavy atom. The molecule has 0 aromatic heterocycles. The van der Waals surface area contributed by atoms with Gasteiger partial charge >= 0.3 is 0 Å². The normalized spacial score (nSPS) is 17.6. The van der Waals surface area contributed by atoms with Crippen molar-refractivity contribution in [3.8, 4) is 0 Å². The predicted molar refractivity (Wildman–Crippen MR) is 80.4 cm³/mol. The van der Waals surface area contributed by atoms with Crippen molar-refractivity contribution in [2.24, 2.45) is 0 Å². The van der Waals surface area contributed by atoms with Crippen molar-refractivity contribution in [3.63, 3.8) is 0 Å². The number of nitrogens with one attached hydrogen (secondary N) is 1. The molecule has 0 saturated carbocycles. The molecule has 0 aliphatic carbocycles. The first kappa shape index (κ1) is 13.5. The third-order valence-corrected chi connectivity index (χ3v) is 4.18. The molecule has 0 spiro atoms. The van der Waals surface area contributed by atoms with E-state index in [1.54, 1.807) is 5.56 Å². The summed E-state index contributed by atoms with van der Waals surface area (Å²) in [5.74, 6) is 0.756. The maximum absolute atomic E-state index is 3.58. The topological polar surface area (TPSA) is 12.0 Å². The molecule has 0 radical (unpaired) electrons. The van der Waals surface area contributed by atoms with Gasteiger partial charge in [0.1, 0.15) is 0 Å². The van der Waals surface area contributed by atoms with Gasteiger partial charge in [0.15, 0.2) is 0 Å². The zero-order chi connectivity index (χ0) is 12.8. The summed E-state index contributed by atoms with van der Waals surface area (Å²) in [5, 5.41) is 3.58. The summed E-state index contributed by atoms with van der Waals surface area (Å²) in [4.78, 5) is 0. The van der Waals surface area contributed by atoms with Gasteiger partial charge in [-0.2, -0.15) is 0 Å². The fourth-order valence-electron chi connectivity index (χ4n) is 3.04. The Morgan fingerprint density at radius 2 is 1.89 bits per heavy atom. The van der Waals surface area contributed by atoms with Crippen molar-refractivity contribution in [3.05, 3.63) is 29.3 Å². The van der Waals surface area contributed by atoms with E-state index in [9.17, 15) is 0 Å². The van der Waals surface area contributed by atoms with Gasteiger partial charge in [-0.05, 0) is 24.5 Å². The van der Waals surface area contributed by atoms with E-state index in [0.717, 1.165) is 12.5 Å². The van der Waals surface area contributed by atoms with Crippen LogP contribution in [0.15, 0.2) is 18.2 Å². The number of hydrogen-bond donors (Lipinski definition) is 1. The van der Waals surface area contributed by atoms with Crippen LogP contribution < -0.4 is 5.32 Å². The van der Waals surface area contributed by atoms with Gasteiger partial charge in [0.2, 0.25) is 0 Å². The number of para-hydroxylation sites is 1. The first-order chi connectivity index (χ1) is 8.83. The Hall–Kier alpha value is -0.980. The molecular formula is C17H27N. The quantitative estimate of drug-likeness (QED) is 0.646. The smallest absolute Gasteiger partial charge is 0.0406 e. The third-order valence-electron chi connectivity index (χ3n) is 4.18. The second-order valence-electron chi connectivity index (χ2n) is 5.67. The largest absolute Gasteiger partial charge is 0.384 e. The molecule has 1 nitrogen and oxygen atoms in total. The van der Waals surface area contributed by atoms with Gasteiger partial charge in [0.05, 0.1) is 0 Å². The molecule has 1 aliphatic heterocycles. The minimum Gasteiger partial charge on any atom is -0.384 e. The van der Waals surface area contributed by atoms with Gasteiger partial charge in [-0.15, -0.1) is 0 Å². The zero-order valence-corrected chi connectivity index (χ0v) is 12.0. The van der Waals surface area contributed by atoms with E-state index in [4.69, 9.17) is 0 Å². The van der Waals surface area contributed by atoms with Crippen molar-refractivity contribution in [1.82, 2.24) is 0 Å². The number of fused-ring (bicyclic) bond motifs is 1. The molecule has 1 aliphatic rings. The van der Waals surface area contributed by atoms with Crippen LogP contribution in [0.4, 0.5) is 5.69 Å². The highest BCUT2D eigenvalue weighted by atomic mass is 14.9. The number of aryl methyl sites for hydroxylation is 1. The van der Waals surface area contributed by atoms with Crippen LogP contribution in [0.3, 0.4) is 0 Å². The lowest BCUT2D eigenvalue weighted by molar-refractivity contribution is 0.556. The lowest BCUT2D eigenvalue weighted by Crippen LogP contribution is -2.01. The highest BCUT2D eigenvalue weighted by Crippen LogP contribution is 2.36. The zero-order valence-electron chi connectivity index (χ0n) is 12.0. The van der Waals surface area contributed by atoms with Crippen molar-refractivity contribution >= 4 is 5.69 Å². The van der Waals surface area contributed by atoms with E-state index in [-0.39, 0.29) is 0 Å². The summed E-state index contributed by atoms with van der Waals surface area (Å²) in [6.45, 7) is 5.64. The summed E-state index contributed by atoms with van der Waals surface area (Å²) < 4.78 is 0. The van der Waals surface area contributed by atoms with E-state index in [0.29, 0.717) is 0 Å². The molecule has 0 amide bonds. The van der Waals surface area contributed by atoms with Crippen molar-refractivity contribution in [1.29, 1.82) is 0 Å². The molecule has 1 heterocycles. The summed E-state index contributed by atoms with van der Waals surface area (Å²) in [5.41, 5.74) is 4.37. The average molecular weight is 245 g/mol. The number of benzene rings is 1. The van der Waals surface area contributed by atoms with Crippen LogP contribution in [0, 0.1) is 6.92 Å². The van der Waals surface area contributed by atoms with Crippen LogP contribution in [-0.4, -0.2) is 6.54 Å². The molecule has 18 heavy (non-hydrogen) atoms. The summed E-state index contributed by atoms with van der Waals surface area (Å²) >= 11 is 0. The fraction of sp³-hybridized carbons (Fsp3) is 0.647. The molecule has 100 valence electrons. The summed E-state index contributed by atoms with van der Waals surface area (Å²) in [7, 11) is 0. The van der Waals surface area contributed by atoms with Crippen molar-refractivity contribution < 1.29 is 0 Å². The standard InChI is InChI=1S/C17H27N/c1-3-4-5-6-7-8-11-15-13-18-17-14(2)10-9-12-16(15)17/h9-10,12,15,18H,3-8,11,13H2,1-2H3. The molecule has 0 fully saturated rings. The molecule has 2 rings (SSSR count). The molecule has 1 atom stereocenters. The van der Waals surface area contributed by atoms with E-state index in [1.165, 1.54) is 56.2 Å². The van der Waals surface area contributed by atoms with Crippen LogP contribution in [-0.2, 0) is 0 Å². The maximum atomic E-state index is 3.58. The fourth-order valence-corrected chi connectivity index (χ4v) is 3.04. The molecule has 1 unspecified atom stereocenters. The van der Waals surface area contributed by atoms with E-state index in [2.05, 4.69) is 37.4 Å². The number of rotatable bonds is 7. The molecule has 1 aromatic rings. The Balaban J connectivity index is 1.75. The van der Waals surface area contributed by atoms with Crippen LogP contribution in [0.5, 0.6) is 0 Å². The van der Waals surface area contributed by atoms with E-state index in [1.807, 2.05) is 0 Å². The second-order valence-corrected chi connectivity index (χ2v) is 5.67. The van der Waals surface area contributed by atoms with E-state index >= 15 is 0 Å². The van der Waals surface area contributed by atoms with Crippen LogP contribution in [0.25, 0.3) is 0 Å². The highest BCUT2D eigenvalue weighted by Gasteiger charge is 2.22. The lowest BCUT2D eigenvalue weighted by Gasteiger charge is -2.10. The van der Waals surface area contributed by atoms with Gasteiger partial charge in [-0.3, -0.25) is 0 Å². The van der Waals surface area contributed by atoms with Crippen molar-refractivity contribution in [2.75, 3.05) is 11.9 Å². The number of anilines is 1. The Labute approximate surface area is 112 Å². The molecular weight excluding hydrogens is 218 g/mol. The number of unbranched alkanes of at least 4 members (excludes halogenated alkanes) is 5. The highest BCUT2D eigenvalue weighted by molar-refractivity contribution is 5.62. The van der Waals surface area contributed by atoms with Gasteiger partial charge in [0.25, 0.3) is 0 Å². The third kappa shape index (κ3) is 3.28. The SMILES string of the molecule is CCCCCCCCC1CNc2c(C)cccc21. The molecule has 1 aromatic carbocycles. The Bertz CT molecular complexity index is 370. The van der Waals surface area contributed by atoms with Gasteiger partial charge in [-0.1, -0.05) is 63.6 Å². The van der Waals surface area contributed by atoms with Crippen molar-refractivity contribution in [2.45, 2.75) is 64.7 Å². The van der Waals surface area contributed by atoms with Gasteiger partial charge < -0.3 is 5.32 Å². The van der Waals surface area contributed by atoms with Crippen LogP contribution in [0.2, 0.25) is 0 Å². The predicted octanol–water partition coefficient (Wildman–Crippen LogP) is 5.25. The summed E-state index contributed by atoms with van der Waals surface area (Å²) in [6.07, 6.45) is 9.77.